The van der Waals surface area contributed by atoms with Crippen LogP contribution < -0.4 is 15.6 Å². The zero-order chi connectivity index (χ0) is 20.2. The third kappa shape index (κ3) is 3.94. The molecule has 1 aliphatic heterocycles. The number of amides is 2. The molecule has 4 rings (SSSR count). The first-order chi connectivity index (χ1) is 14.2. The SMILES string of the molecule is CCOc1ccccc1NC(=O)N1CCC(n2cnc3ccccc3c2=O)CC1. The van der Waals surface area contributed by atoms with Crippen molar-refractivity contribution in [3.63, 3.8) is 0 Å². The van der Waals surface area contributed by atoms with Gasteiger partial charge in [-0.05, 0) is 44.0 Å². The van der Waals surface area contributed by atoms with Gasteiger partial charge in [0, 0.05) is 19.1 Å². The van der Waals surface area contributed by atoms with Crippen molar-refractivity contribution < 1.29 is 9.53 Å². The summed E-state index contributed by atoms with van der Waals surface area (Å²) in [6.45, 7) is 3.60. The Morgan fingerprint density at radius 1 is 1.14 bits per heavy atom. The van der Waals surface area contributed by atoms with E-state index >= 15 is 0 Å². The van der Waals surface area contributed by atoms with Crippen molar-refractivity contribution in [2.24, 2.45) is 0 Å². The summed E-state index contributed by atoms with van der Waals surface area (Å²) >= 11 is 0. The maximum atomic E-state index is 12.8. The van der Waals surface area contributed by atoms with Crippen LogP contribution in [0.4, 0.5) is 10.5 Å². The molecule has 1 saturated heterocycles. The molecule has 2 aromatic carbocycles. The molecule has 0 aliphatic carbocycles. The number of urea groups is 1. The van der Waals surface area contributed by atoms with Crippen molar-refractivity contribution in [1.82, 2.24) is 14.5 Å². The third-order valence-corrected chi connectivity index (χ3v) is 5.26. The molecule has 1 aliphatic rings. The molecule has 3 aromatic rings. The van der Waals surface area contributed by atoms with E-state index < -0.39 is 0 Å². The number of likely N-dealkylation sites (tertiary alicyclic amines) is 1. The molecule has 7 nitrogen and oxygen atoms in total. The fourth-order valence-electron chi connectivity index (χ4n) is 3.74. The largest absolute Gasteiger partial charge is 0.492 e. The van der Waals surface area contributed by atoms with Gasteiger partial charge in [0.2, 0.25) is 0 Å². The van der Waals surface area contributed by atoms with Crippen LogP contribution in [-0.4, -0.2) is 40.2 Å². The molecule has 0 spiro atoms. The van der Waals surface area contributed by atoms with Gasteiger partial charge in [-0.15, -0.1) is 0 Å². The van der Waals surface area contributed by atoms with Gasteiger partial charge in [0.05, 0.1) is 29.5 Å². The van der Waals surface area contributed by atoms with Crippen LogP contribution in [0.5, 0.6) is 5.75 Å². The molecular weight excluding hydrogens is 368 g/mol. The van der Waals surface area contributed by atoms with Crippen LogP contribution in [0.3, 0.4) is 0 Å². The fraction of sp³-hybridized carbons (Fsp3) is 0.318. The summed E-state index contributed by atoms with van der Waals surface area (Å²) in [6.07, 6.45) is 3.05. The van der Waals surface area contributed by atoms with Crippen molar-refractivity contribution in [2.75, 3.05) is 25.0 Å². The molecule has 1 N–H and O–H groups in total. The topological polar surface area (TPSA) is 76.5 Å². The summed E-state index contributed by atoms with van der Waals surface area (Å²) in [5, 5.41) is 3.56. The number of piperidine rings is 1. The summed E-state index contributed by atoms with van der Waals surface area (Å²) in [5.74, 6) is 0.659. The minimum Gasteiger partial charge on any atom is -0.492 e. The van der Waals surface area contributed by atoms with Crippen molar-refractivity contribution >= 4 is 22.6 Å². The number of nitrogens with one attached hydrogen (secondary N) is 1. The molecule has 0 radical (unpaired) electrons. The van der Waals surface area contributed by atoms with E-state index in [2.05, 4.69) is 10.3 Å². The third-order valence-electron chi connectivity index (χ3n) is 5.26. The number of nitrogens with zero attached hydrogens (tertiary/aromatic N) is 3. The number of anilines is 1. The summed E-state index contributed by atoms with van der Waals surface area (Å²) < 4.78 is 7.28. The highest BCUT2D eigenvalue weighted by Crippen LogP contribution is 2.26. The van der Waals surface area contributed by atoms with Crippen LogP contribution in [0.25, 0.3) is 10.9 Å². The summed E-state index contributed by atoms with van der Waals surface area (Å²) in [5.41, 5.74) is 1.35. The molecule has 2 heterocycles. The van der Waals surface area contributed by atoms with Gasteiger partial charge >= 0.3 is 6.03 Å². The Balaban J connectivity index is 1.43. The van der Waals surface area contributed by atoms with Gasteiger partial charge in [-0.1, -0.05) is 24.3 Å². The van der Waals surface area contributed by atoms with E-state index in [0.29, 0.717) is 54.9 Å². The lowest BCUT2D eigenvalue weighted by atomic mass is 10.0. The lowest BCUT2D eigenvalue weighted by Gasteiger charge is -2.33. The van der Waals surface area contributed by atoms with Crippen LogP contribution in [0.1, 0.15) is 25.8 Å². The van der Waals surface area contributed by atoms with Gasteiger partial charge in [0.25, 0.3) is 5.56 Å². The van der Waals surface area contributed by atoms with Gasteiger partial charge in [0.15, 0.2) is 0 Å². The molecule has 0 atom stereocenters. The second-order valence-corrected chi connectivity index (χ2v) is 7.05. The standard InChI is InChI=1S/C22H24N4O3/c1-2-29-20-10-6-5-9-19(20)24-22(28)25-13-11-16(12-14-25)26-15-23-18-8-4-3-7-17(18)21(26)27/h3-10,15-16H,2,11-14H2,1H3,(H,24,28). The molecule has 1 fully saturated rings. The van der Waals surface area contributed by atoms with Gasteiger partial charge in [-0.2, -0.15) is 0 Å². The minimum atomic E-state index is -0.153. The minimum absolute atomic E-state index is 0.0239. The molecule has 1 aromatic heterocycles. The van der Waals surface area contributed by atoms with Crippen LogP contribution >= 0.6 is 0 Å². The number of hydrogen-bond donors (Lipinski definition) is 1. The summed E-state index contributed by atoms with van der Waals surface area (Å²) in [7, 11) is 0. The van der Waals surface area contributed by atoms with Gasteiger partial charge < -0.3 is 15.0 Å². The predicted molar refractivity (Wildman–Crippen MR) is 112 cm³/mol. The number of fused-ring (bicyclic) bond motifs is 1. The maximum Gasteiger partial charge on any atom is 0.321 e. The number of benzene rings is 2. The van der Waals surface area contributed by atoms with Gasteiger partial charge in [-0.3, -0.25) is 9.36 Å². The number of hydrogen-bond acceptors (Lipinski definition) is 4. The van der Waals surface area contributed by atoms with E-state index in [1.165, 1.54) is 0 Å². The van der Waals surface area contributed by atoms with Gasteiger partial charge in [0.1, 0.15) is 5.75 Å². The van der Waals surface area contributed by atoms with E-state index in [1.54, 1.807) is 21.9 Å². The first-order valence-electron chi connectivity index (χ1n) is 9.91. The number of rotatable bonds is 4. The average Bonchev–Trinajstić information content (AvgIpc) is 2.76. The number of aromatic nitrogens is 2. The van der Waals surface area contributed by atoms with Crippen LogP contribution in [0.2, 0.25) is 0 Å². The first kappa shape index (κ1) is 19.0. The lowest BCUT2D eigenvalue weighted by molar-refractivity contribution is 0.182. The molecule has 7 heteroatoms. The Bertz CT molecular complexity index is 1070. The Morgan fingerprint density at radius 2 is 1.86 bits per heavy atom. The molecule has 0 saturated carbocycles. The molecule has 0 bridgehead atoms. The normalized spacial score (nSPS) is 14.7. The van der Waals surface area contributed by atoms with Crippen molar-refractivity contribution in [3.8, 4) is 5.75 Å². The number of para-hydroxylation sites is 3. The summed E-state index contributed by atoms with van der Waals surface area (Å²) in [4.78, 5) is 31.7. The van der Waals surface area contributed by atoms with Gasteiger partial charge in [-0.25, -0.2) is 9.78 Å². The van der Waals surface area contributed by atoms with E-state index in [9.17, 15) is 9.59 Å². The second-order valence-electron chi connectivity index (χ2n) is 7.05. The Labute approximate surface area is 168 Å². The smallest absolute Gasteiger partial charge is 0.321 e. The molecule has 0 unspecified atom stereocenters. The molecular formula is C22H24N4O3. The van der Waals surface area contributed by atoms with Crippen molar-refractivity contribution in [3.05, 3.63) is 65.2 Å². The second kappa shape index (κ2) is 8.34. The van der Waals surface area contributed by atoms with E-state index in [-0.39, 0.29) is 17.6 Å². The Hall–Kier alpha value is -3.35. The number of carbonyl (C=O) groups is 1. The number of ether oxygens (including phenoxy) is 1. The van der Waals surface area contributed by atoms with Crippen LogP contribution in [0, 0.1) is 0 Å². The zero-order valence-corrected chi connectivity index (χ0v) is 16.4. The molecule has 29 heavy (non-hydrogen) atoms. The maximum absolute atomic E-state index is 12.8. The molecule has 2 amide bonds. The molecule has 150 valence electrons. The first-order valence-corrected chi connectivity index (χ1v) is 9.91. The lowest BCUT2D eigenvalue weighted by Crippen LogP contribution is -2.42. The van der Waals surface area contributed by atoms with Crippen molar-refractivity contribution in [2.45, 2.75) is 25.8 Å². The monoisotopic (exact) mass is 392 g/mol. The predicted octanol–water partition coefficient (Wildman–Crippen LogP) is 3.66. The summed E-state index contributed by atoms with van der Waals surface area (Å²) in [6, 6.07) is 14.7. The highest BCUT2D eigenvalue weighted by molar-refractivity contribution is 5.91. The van der Waals surface area contributed by atoms with Crippen LogP contribution in [0.15, 0.2) is 59.7 Å². The van der Waals surface area contributed by atoms with Crippen molar-refractivity contribution in [1.29, 1.82) is 0 Å². The van der Waals surface area contributed by atoms with E-state index in [0.717, 1.165) is 0 Å². The number of carbonyl (C=O) groups excluding carboxylic acids is 1. The average molecular weight is 392 g/mol. The van der Waals surface area contributed by atoms with E-state index in [4.69, 9.17) is 4.74 Å². The fourth-order valence-corrected chi connectivity index (χ4v) is 3.74. The zero-order valence-electron chi connectivity index (χ0n) is 16.4. The Kier molecular flexibility index (Phi) is 5.46. The Morgan fingerprint density at radius 3 is 2.66 bits per heavy atom. The highest BCUT2D eigenvalue weighted by atomic mass is 16.5. The van der Waals surface area contributed by atoms with Crippen LogP contribution in [-0.2, 0) is 0 Å². The van der Waals surface area contributed by atoms with E-state index in [1.807, 2.05) is 49.4 Å². The highest BCUT2D eigenvalue weighted by Gasteiger charge is 2.25. The quantitative estimate of drug-likeness (QED) is 0.735.